The molecule has 1 unspecified atom stereocenters. The molecule has 0 aliphatic carbocycles. The van der Waals surface area contributed by atoms with Crippen molar-refractivity contribution in [2.75, 3.05) is 24.7 Å². The maximum Gasteiger partial charge on any atom is 0.247 e. The van der Waals surface area contributed by atoms with Gasteiger partial charge in [0.15, 0.2) is 0 Å². The Morgan fingerprint density at radius 3 is 2.62 bits per heavy atom. The Bertz CT molecular complexity index is 691. The monoisotopic (exact) mass is 420 g/mol. The fourth-order valence-electron chi connectivity index (χ4n) is 3.08. The highest BCUT2D eigenvalue weighted by atomic mass is 32.2. The van der Waals surface area contributed by atoms with E-state index in [1.165, 1.54) is 16.7 Å². The van der Waals surface area contributed by atoms with E-state index in [0.717, 1.165) is 25.0 Å². The first-order valence-electron chi connectivity index (χ1n) is 10.4. The first-order valence-corrected chi connectivity index (χ1v) is 11.3. The minimum absolute atomic E-state index is 0.00776. The number of ether oxygens (including phenoxy) is 1. The van der Waals surface area contributed by atoms with Crippen molar-refractivity contribution in [2.45, 2.75) is 63.4 Å². The predicted octanol–water partition coefficient (Wildman–Crippen LogP) is 3.33. The van der Waals surface area contributed by atoms with Gasteiger partial charge >= 0.3 is 0 Å². The van der Waals surface area contributed by atoms with Gasteiger partial charge in [0, 0.05) is 26.0 Å². The van der Waals surface area contributed by atoms with E-state index < -0.39 is 0 Å². The van der Waals surface area contributed by atoms with Gasteiger partial charge in [-0.1, -0.05) is 39.3 Å². The number of hydrogen-bond donors (Lipinski definition) is 1. The summed E-state index contributed by atoms with van der Waals surface area (Å²) < 4.78 is 5.42. The summed E-state index contributed by atoms with van der Waals surface area (Å²) in [5, 5.41) is 2.86. The van der Waals surface area contributed by atoms with Crippen LogP contribution >= 0.6 is 11.8 Å². The fraction of sp³-hybridized carbons (Fsp3) is 0.591. The molecule has 0 aromatic heterocycles. The second-order valence-electron chi connectivity index (χ2n) is 7.43. The molecule has 3 amide bonds. The summed E-state index contributed by atoms with van der Waals surface area (Å²) >= 11 is 1.53. The average Bonchev–Trinajstić information content (AvgIpc) is 2.96. The highest BCUT2D eigenvalue weighted by Crippen LogP contribution is 2.31. The summed E-state index contributed by atoms with van der Waals surface area (Å²) in [7, 11) is 0. The lowest BCUT2D eigenvalue weighted by Crippen LogP contribution is -2.31. The molecule has 6 nitrogen and oxygen atoms in total. The molecule has 1 aromatic rings. The zero-order chi connectivity index (χ0) is 21.2. The van der Waals surface area contributed by atoms with Crippen LogP contribution in [0.1, 0.15) is 52.0 Å². The second kappa shape index (κ2) is 12.0. The third-order valence-corrected chi connectivity index (χ3v) is 5.83. The molecule has 1 N–H and O–H groups in total. The van der Waals surface area contributed by atoms with E-state index in [0.29, 0.717) is 36.9 Å². The largest absolute Gasteiger partial charge is 0.380 e. The Morgan fingerprint density at radius 2 is 1.97 bits per heavy atom. The smallest absolute Gasteiger partial charge is 0.247 e. The number of benzene rings is 1. The van der Waals surface area contributed by atoms with Crippen LogP contribution in [-0.4, -0.2) is 48.0 Å². The van der Waals surface area contributed by atoms with E-state index in [2.05, 4.69) is 12.2 Å². The molecular weight excluding hydrogens is 388 g/mol. The SMILES string of the molecule is CCCCOCCNC(=O)CCc1ccc(N2C(=O)CC(SC(C)C)C2=O)cc1. The molecule has 0 radical (unpaired) electrons. The number of imide groups is 1. The number of unbranched alkanes of at least 4 members (excludes halogenated alkanes) is 1. The van der Waals surface area contributed by atoms with E-state index in [-0.39, 0.29) is 29.4 Å². The lowest BCUT2D eigenvalue weighted by Gasteiger charge is -2.16. The first kappa shape index (κ1) is 23.4. The van der Waals surface area contributed by atoms with Crippen LogP contribution in [0.2, 0.25) is 0 Å². The molecule has 1 heterocycles. The van der Waals surface area contributed by atoms with Crippen LogP contribution in [0.3, 0.4) is 0 Å². The molecule has 1 fully saturated rings. The van der Waals surface area contributed by atoms with E-state index >= 15 is 0 Å². The van der Waals surface area contributed by atoms with Crippen LogP contribution in [0.5, 0.6) is 0 Å². The Morgan fingerprint density at radius 1 is 1.24 bits per heavy atom. The zero-order valence-electron chi connectivity index (χ0n) is 17.6. The van der Waals surface area contributed by atoms with Crippen LogP contribution in [0.25, 0.3) is 0 Å². The number of hydrogen-bond acceptors (Lipinski definition) is 5. The van der Waals surface area contributed by atoms with E-state index in [1.807, 2.05) is 26.0 Å². The Hall–Kier alpha value is -1.86. The van der Waals surface area contributed by atoms with Gasteiger partial charge in [0.05, 0.1) is 17.5 Å². The summed E-state index contributed by atoms with van der Waals surface area (Å²) in [5.41, 5.74) is 1.60. The van der Waals surface area contributed by atoms with Gasteiger partial charge in [-0.25, -0.2) is 4.90 Å². The van der Waals surface area contributed by atoms with Crippen molar-refractivity contribution in [1.82, 2.24) is 5.32 Å². The van der Waals surface area contributed by atoms with Gasteiger partial charge < -0.3 is 10.1 Å². The molecule has 1 aromatic carbocycles. The number of thioether (sulfide) groups is 1. The second-order valence-corrected chi connectivity index (χ2v) is 9.21. The standard InChI is InChI=1S/C22H32N2O4S/c1-4-5-13-28-14-12-23-20(25)11-8-17-6-9-18(10-7-17)24-21(26)15-19(22(24)27)29-16(2)3/h6-7,9-10,16,19H,4-5,8,11-15H2,1-3H3,(H,23,25). The molecule has 160 valence electrons. The van der Waals surface area contributed by atoms with Crippen molar-refractivity contribution in [3.8, 4) is 0 Å². The molecule has 29 heavy (non-hydrogen) atoms. The molecule has 0 bridgehead atoms. The first-order chi connectivity index (χ1) is 13.9. The Labute approximate surface area is 177 Å². The summed E-state index contributed by atoms with van der Waals surface area (Å²) in [5.74, 6) is -0.296. The zero-order valence-corrected chi connectivity index (χ0v) is 18.4. The molecule has 1 aliphatic rings. The molecule has 2 rings (SSSR count). The van der Waals surface area contributed by atoms with Crippen LogP contribution in [0.15, 0.2) is 24.3 Å². The highest BCUT2D eigenvalue weighted by Gasteiger charge is 2.40. The van der Waals surface area contributed by atoms with Crippen molar-refractivity contribution in [2.24, 2.45) is 0 Å². The lowest BCUT2D eigenvalue weighted by molar-refractivity contribution is -0.122. The number of rotatable bonds is 12. The minimum Gasteiger partial charge on any atom is -0.380 e. The minimum atomic E-state index is -0.295. The maximum atomic E-state index is 12.6. The number of carbonyl (C=O) groups is 3. The third kappa shape index (κ3) is 7.48. The molecule has 1 atom stereocenters. The molecule has 1 saturated heterocycles. The number of amides is 3. The quantitative estimate of drug-likeness (QED) is 0.415. The van der Waals surface area contributed by atoms with Crippen molar-refractivity contribution < 1.29 is 19.1 Å². The number of anilines is 1. The van der Waals surface area contributed by atoms with E-state index in [9.17, 15) is 14.4 Å². The number of carbonyl (C=O) groups excluding carboxylic acids is 3. The molecule has 1 aliphatic heterocycles. The Balaban J connectivity index is 1.78. The van der Waals surface area contributed by atoms with Gasteiger partial charge in [-0.05, 0) is 35.8 Å². The van der Waals surface area contributed by atoms with E-state index in [1.54, 1.807) is 12.1 Å². The molecule has 7 heteroatoms. The lowest BCUT2D eigenvalue weighted by atomic mass is 10.1. The van der Waals surface area contributed by atoms with Crippen LogP contribution in [-0.2, 0) is 25.5 Å². The van der Waals surface area contributed by atoms with Gasteiger partial charge in [0.1, 0.15) is 0 Å². The van der Waals surface area contributed by atoms with Gasteiger partial charge in [0.2, 0.25) is 17.7 Å². The normalized spacial score (nSPS) is 16.7. The number of nitrogens with zero attached hydrogens (tertiary/aromatic N) is 1. The van der Waals surface area contributed by atoms with Crippen LogP contribution < -0.4 is 10.2 Å². The van der Waals surface area contributed by atoms with Crippen molar-refractivity contribution >= 4 is 35.2 Å². The van der Waals surface area contributed by atoms with Crippen molar-refractivity contribution in [3.63, 3.8) is 0 Å². The van der Waals surface area contributed by atoms with Gasteiger partial charge in [-0.2, -0.15) is 0 Å². The Kier molecular flexibility index (Phi) is 9.67. The van der Waals surface area contributed by atoms with Crippen molar-refractivity contribution in [3.05, 3.63) is 29.8 Å². The molecule has 0 saturated carbocycles. The summed E-state index contributed by atoms with van der Waals surface area (Å²) in [6.45, 7) is 7.95. The topological polar surface area (TPSA) is 75.7 Å². The number of aryl methyl sites for hydroxylation is 1. The van der Waals surface area contributed by atoms with E-state index in [4.69, 9.17) is 4.74 Å². The summed E-state index contributed by atoms with van der Waals surface area (Å²) in [4.78, 5) is 38.1. The van der Waals surface area contributed by atoms with Crippen LogP contribution in [0, 0.1) is 0 Å². The average molecular weight is 421 g/mol. The predicted molar refractivity (Wildman–Crippen MR) is 117 cm³/mol. The number of nitrogens with one attached hydrogen (secondary N) is 1. The summed E-state index contributed by atoms with van der Waals surface area (Å²) in [6.07, 6.45) is 3.39. The third-order valence-electron chi connectivity index (χ3n) is 4.59. The maximum absolute atomic E-state index is 12.6. The van der Waals surface area contributed by atoms with Gasteiger partial charge in [-0.3, -0.25) is 14.4 Å². The van der Waals surface area contributed by atoms with Gasteiger partial charge in [-0.15, -0.1) is 11.8 Å². The van der Waals surface area contributed by atoms with Crippen LogP contribution in [0.4, 0.5) is 5.69 Å². The molecule has 0 spiro atoms. The summed E-state index contributed by atoms with van der Waals surface area (Å²) in [6, 6.07) is 7.32. The molecular formula is C22H32N2O4S. The van der Waals surface area contributed by atoms with Gasteiger partial charge in [0.25, 0.3) is 0 Å². The highest BCUT2D eigenvalue weighted by molar-refractivity contribution is 8.01. The van der Waals surface area contributed by atoms with Crippen molar-refractivity contribution in [1.29, 1.82) is 0 Å². The fourth-order valence-corrected chi connectivity index (χ4v) is 4.20.